The first kappa shape index (κ1) is 13.2. The van der Waals surface area contributed by atoms with E-state index in [0.29, 0.717) is 31.0 Å². The van der Waals surface area contributed by atoms with Gasteiger partial charge in [0.25, 0.3) is 5.91 Å². The molecule has 1 amide bonds. The van der Waals surface area contributed by atoms with Crippen LogP contribution in [-0.4, -0.2) is 42.1 Å². The number of nitrogens with zero attached hydrogens (tertiary/aromatic N) is 1. The van der Waals surface area contributed by atoms with Crippen molar-refractivity contribution in [2.24, 2.45) is 11.8 Å². The monoisotopic (exact) mass is 286 g/mol. The molecule has 20 heavy (non-hydrogen) atoms. The van der Waals surface area contributed by atoms with Crippen LogP contribution in [0.15, 0.2) is 6.07 Å². The van der Waals surface area contributed by atoms with Crippen molar-refractivity contribution in [1.82, 2.24) is 10.2 Å². The quantitative estimate of drug-likeness (QED) is 0.760. The van der Waals surface area contributed by atoms with E-state index in [1.807, 2.05) is 0 Å². The van der Waals surface area contributed by atoms with E-state index in [1.54, 1.807) is 0 Å². The third-order valence-electron chi connectivity index (χ3n) is 4.04. The number of halogens is 3. The molecule has 2 N–H and O–H groups in total. The topological polar surface area (TPSA) is 52.6 Å². The highest BCUT2D eigenvalue weighted by molar-refractivity contribution is 5.95. The van der Waals surface area contributed by atoms with Crippen LogP contribution in [0.1, 0.15) is 10.4 Å². The average Bonchev–Trinajstić information content (AvgIpc) is 3.00. The molecule has 2 fully saturated rings. The van der Waals surface area contributed by atoms with Crippen LogP contribution in [0.2, 0.25) is 0 Å². The third kappa shape index (κ3) is 1.93. The van der Waals surface area contributed by atoms with Crippen LogP contribution >= 0.6 is 0 Å². The van der Waals surface area contributed by atoms with Crippen LogP contribution in [0.5, 0.6) is 5.75 Å². The lowest BCUT2D eigenvalue weighted by atomic mass is 10.0. The van der Waals surface area contributed by atoms with Gasteiger partial charge >= 0.3 is 0 Å². The molecule has 2 aliphatic rings. The minimum atomic E-state index is -1.68. The van der Waals surface area contributed by atoms with Crippen molar-refractivity contribution >= 4 is 5.91 Å². The number of hydrogen-bond donors (Lipinski definition) is 2. The van der Waals surface area contributed by atoms with Gasteiger partial charge in [-0.25, -0.2) is 8.78 Å². The molecule has 0 aromatic heterocycles. The molecule has 4 nitrogen and oxygen atoms in total. The standard InChI is InChI=1S/C13H13F3N2O2/c14-9-1-8(10(15)12(19)11(9)16)13(20)18-4-6-2-17-3-7(6)5-18/h1,6-7,17,19H,2-5H2/t6-,7+. The number of phenols is 1. The lowest BCUT2D eigenvalue weighted by Gasteiger charge is -2.18. The molecule has 0 radical (unpaired) electrons. The Balaban J connectivity index is 1.88. The van der Waals surface area contributed by atoms with Crippen molar-refractivity contribution in [2.45, 2.75) is 0 Å². The van der Waals surface area contributed by atoms with E-state index < -0.39 is 34.7 Å². The van der Waals surface area contributed by atoms with Gasteiger partial charge in [-0.1, -0.05) is 0 Å². The third-order valence-corrected chi connectivity index (χ3v) is 4.04. The largest absolute Gasteiger partial charge is 0.503 e. The van der Waals surface area contributed by atoms with Crippen molar-refractivity contribution < 1.29 is 23.1 Å². The maximum Gasteiger partial charge on any atom is 0.257 e. The molecule has 2 aliphatic heterocycles. The summed E-state index contributed by atoms with van der Waals surface area (Å²) in [6.07, 6.45) is 0. The fraction of sp³-hybridized carbons (Fsp3) is 0.462. The van der Waals surface area contributed by atoms with Crippen LogP contribution in [-0.2, 0) is 0 Å². The zero-order valence-electron chi connectivity index (χ0n) is 10.5. The molecule has 2 atom stereocenters. The van der Waals surface area contributed by atoms with Crippen LogP contribution < -0.4 is 5.32 Å². The summed E-state index contributed by atoms with van der Waals surface area (Å²) in [6, 6.07) is 0.499. The normalized spacial score (nSPS) is 25.1. The first-order valence-corrected chi connectivity index (χ1v) is 6.35. The number of carbonyl (C=O) groups is 1. The molecule has 0 bridgehead atoms. The van der Waals surface area contributed by atoms with Crippen LogP contribution in [0.25, 0.3) is 0 Å². The van der Waals surface area contributed by atoms with Gasteiger partial charge in [-0.2, -0.15) is 4.39 Å². The van der Waals surface area contributed by atoms with Gasteiger partial charge in [0.1, 0.15) is 0 Å². The highest BCUT2D eigenvalue weighted by Crippen LogP contribution is 2.30. The van der Waals surface area contributed by atoms with Gasteiger partial charge in [-0.05, 0) is 17.9 Å². The van der Waals surface area contributed by atoms with Crippen molar-refractivity contribution in [3.8, 4) is 5.75 Å². The van der Waals surface area contributed by atoms with Gasteiger partial charge in [-0.3, -0.25) is 4.79 Å². The van der Waals surface area contributed by atoms with Gasteiger partial charge in [0.05, 0.1) is 5.56 Å². The molecule has 0 spiro atoms. The second-order valence-corrected chi connectivity index (χ2v) is 5.27. The highest BCUT2D eigenvalue weighted by Gasteiger charge is 2.39. The minimum absolute atomic E-state index is 0.306. The molecule has 108 valence electrons. The van der Waals surface area contributed by atoms with Crippen molar-refractivity contribution in [2.75, 3.05) is 26.2 Å². The number of amides is 1. The fourth-order valence-corrected chi connectivity index (χ4v) is 2.94. The maximum absolute atomic E-state index is 13.7. The summed E-state index contributed by atoms with van der Waals surface area (Å²) < 4.78 is 39.9. The lowest BCUT2D eigenvalue weighted by Crippen LogP contribution is -2.32. The molecule has 0 unspecified atom stereocenters. The van der Waals surface area contributed by atoms with Gasteiger partial charge in [0.2, 0.25) is 5.82 Å². The molecule has 1 aromatic rings. The molecule has 0 saturated carbocycles. The number of carbonyl (C=O) groups excluding carboxylic acids is 1. The van der Waals surface area contributed by atoms with E-state index in [1.165, 1.54) is 4.90 Å². The summed E-state index contributed by atoms with van der Waals surface area (Å²) in [7, 11) is 0. The molecular weight excluding hydrogens is 273 g/mol. The predicted molar refractivity (Wildman–Crippen MR) is 63.7 cm³/mol. The van der Waals surface area contributed by atoms with E-state index in [2.05, 4.69) is 5.32 Å². The summed E-state index contributed by atoms with van der Waals surface area (Å²) in [5.74, 6) is -6.08. The zero-order valence-corrected chi connectivity index (χ0v) is 10.5. The fourth-order valence-electron chi connectivity index (χ4n) is 2.94. The summed E-state index contributed by atoms with van der Waals surface area (Å²) >= 11 is 0. The lowest BCUT2D eigenvalue weighted by molar-refractivity contribution is 0.0775. The number of fused-ring (bicyclic) bond motifs is 1. The predicted octanol–water partition coefficient (Wildman–Crippen LogP) is 1.10. The second-order valence-electron chi connectivity index (χ2n) is 5.27. The van der Waals surface area contributed by atoms with E-state index in [9.17, 15) is 18.0 Å². The number of nitrogens with one attached hydrogen (secondary N) is 1. The molecule has 2 saturated heterocycles. The van der Waals surface area contributed by atoms with Gasteiger partial charge in [0.15, 0.2) is 17.4 Å². The number of hydrogen-bond acceptors (Lipinski definition) is 3. The molecular formula is C13H13F3N2O2. The second kappa shape index (κ2) is 4.66. The Hall–Kier alpha value is -1.76. The Morgan fingerprint density at radius 1 is 1.20 bits per heavy atom. The Kier molecular flexibility index (Phi) is 3.08. The zero-order chi connectivity index (χ0) is 14.4. The first-order valence-electron chi connectivity index (χ1n) is 6.35. The molecule has 0 aliphatic carbocycles. The Bertz CT molecular complexity index is 567. The molecule has 1 aromatic carbocycles. The van der Waals surface area contributed by atoms with Crippen molar-refractivity contribution in [3.05, 3.63) is 29.1 Å². The number of phenolic OH excluding ortho intramolecular Hbond substituents is 1. The highest BCUT2D eigenvalue weighted by atomic mass is 19.2. The van der Waals surface area contributed by atoms with E-state index in [4.69, 9.17) is 5.11 Å². The number of likely N-dealkylation sites (tertiary alicyclic amines) is 1. The van der Waals surface area contributed by atoms with Crippen molar-refractivity contribution in [3.63, 3.8) is 0 Å². The molecule has 2 heterocycles. The van der Waals surface area contributed by atoms with Gasteiger partial charge < -0.3 is 15.3 Å². The molecule has 7 heteroatoms. The van der Waals surface area contributed by atoms with Crippen LogP contribution in [0, 0.1) is 29.3 Å². The Morgan fingerprint density at radius 2 is 1.80 bits per heavy atom. The van der Waals surface area contributed by atoms with Gasteiger partial charge in [0, 0.05) is 26.2 Å². The smallest absolute Gasteiger partial charge is 0.257 e. The Labute approximate surface area is 113 Å². The summed E-state index contributed by atoms with van der Waals surface area (Å²) in [5.41, 5.74) is -0.630. The van der Waals surface area contributed by atoms with Crippen LogP contribution in [0.3, 0.4) is 0 Å². The maximum atomic E-state index is 13.7. The minimum Gasteiger partial charge on any atom is -0.503 e. The average molecular weight is 286 g/mol. The number of aromatic hydroxyl groups is 1. The van der Waals surface area contributed by atoms with E-state index >= 15 is 0 Å². The van der Waals surface area contributed by atoms with Crippen LogP contribution in [0.4, 0.5) is 13.2 Å². The van der Waals surface area contributed by atoms with Crippen molar-refractivity contribution in [1.29, 1.82) is 0 Å². The number of rotatable bonds is 1. The summed E-state index contributed by atoms with van der Waals surface area (Å²) in [6.45, 7) is 2.49. The first-order chi connectivity index (χ1) is 9.49. The van der Waals surface area contributed by atoms with E-state index in [0.717, 1.165) is 13.1 Å². The summed E-state index contributed by atoms with van der Waals surface area (Å²) in [5, 5.41) is 12.3. The Morgan fingerprint density at radius 3 is 2.40 bits per heavy atom. The number of benzene rings is 1. The van der Waals surface area contributed by atoms with E-state index in [-0.39, 0.29) is 0 Å². The summed E-state index contributed by atoms with van der Waals surface area (Å²) in [4.78, 5) is 13.6. The van der Waals surface area contributed by atoms with Gasteiger partial charge in [-0.15, -0.1) is 0 Å². The molecule has 3 rings (SSSR count). The SMILES string of the molecule is O=C(c1cc(F)c(F)c(O)c1F)N1C[C@H]2CNC[C@H]2C1.